The highest BCUT2D eigenvalue weighted by Crippen LogP contribution is 2.19. The fourth-order valence-corrected chi connectivity index (χ4v) is 2.49. The molecule has 1 fully saturated rings. The average Bonchev–Trinajstić information content (AvgIpc) is 3.12. The van der Waals surface area contributed by atoms with E-state index in [9.17, 15) is 0 Å². The summed E-state index contributed by atoms with van der Waals surface area (Å²) in [5, 5.41) is 7.44. The number of benzene rings is 1. The lowest BCUT2D eigenvalue weighted by atomic mass is 10.00. The molecule has 0 aliphatic heterocycles. The molecule has 2 N–H and O–H groups in total. The van der Waals surface area contributed by atoms with Gasteiger partial charge in [-0.25, -0.2) is 0 Å². The maximum atomic E-state index is 5.31. The molecule has 0 unspecified atom stereocenters. The highest BCUT2D eigenvalue weighted by atomic mass is 32.1. The summed E-state index contributed by atoms with van der Waals surface area (Å²) in [7, 11) is 0. The van der Waals surface area contributed by atoms with E-state index in [4.69, 9.17) is 12.2 Å². The summed E-state index contributed by atoms with van der Waals surface area (Å²) in [4.78, 5) is 0. The maximum absolute atomic E-state index is 5.31. The topological polar surface area (TPSA) is 24.1 Å². The Morgan fingerprint density at radius 3 is 2.37 bits per heavy atom. The second-order valence-corrected chi connectivity index (χ2v) is 6.36. The molecule has 1 aromatic carbocycles. The predicted octanol–water partition coefficient (Wildman–Crippen LogP) is 3.57. The van der Waals surface area contributed by atoms with Crippen LogP contribution in [-0.4, -0.2) is 11.2 Å². The molecule has 1 aliphatic carbocycles. The van der Waals surface area contributed by atoms with Crippen molar-refractivity contribution in [1.82, 2.24) is 10.6 Å². The fraction of sp³-hybridized carbons (Fsp3) is 0.562. The molecule has 104 valence electrons. The zero-order valence-corrected chi connectivity index (χ0v) is 12.9. The lowest BCUT2D eigenvalue weighted by molar-refractivity contribution is 0.646. The lowest BCUT2D eigenvalue weighted by Gasteiger charge is -2.17. The lowest BCUT2D eigenvalue weighted by Crippen LogP contribution is -2.37. The minimum Gasteiger partial charge on any atom is -0.360 e. The zero-order valence-electron chi connectivity index (χ0n) is 12.1. The van der Waals surface area contributed by atoms with E-state index in [1.54, 1.807) is 0 Å². The van der Waals surface area contributed by atoms with Crippen LogP contribution in [0.3, 0.4) is 0 Å². The molecule has 2 rings (SSSR count). The summed E-state index contributed by atoms with van der Waals surface area (Å²) in [6.07, 6.45) is 3.64. The van der Waals surface area contributed by atoms with Crippen LogP contribution in [0.2, 0.25) is 0 Å². The second-order valence-electron chi connectivity index (χ2n) is 5.95. The van der Waals surface area contributed by atoms with Gasteiger partial charge in [0, 0.05) is 6.04 Å². The number of hydrogen-bond donors (Lipinski definition) is 2. The Hall–Kier alpha value is -1.09. The summed E-state index contributed by atoms with van der Waals surface area (Å²) < 4.78 is 0. The smallest absolute Gasteiger partial charge is 0.166 e. The van der Waals surface area contributed by atoms with E-state index in [1.807, 2.05) is 0 Å². The standard InChI is InChI=1S/C16H24N2S/c1-11(2)10-13-4-6-14(7-5-13)12(3)17-16(19)18-15-8-9-15/h4-7,11-12,15H,8-10H2,1-3H3,(H2,17,18,19)/t12-/m0/s1. The molecule has 0 heterocycles. The van der Waals surface area contributed by atoms with Crippen LogP contribution in [0.1, 0.15) is 50.8 Å². The molecule has 0 spiro atoms. The molecule has 0 bridgehead atoms. The quantitative estimate of drug-likeness (QED) is 0.804. The van der Waals surface area contributed by atoms with Crippen molar-refractivity contribution < 1.29 is 0 Å². The van der Waals surface area contributed by atoms with Gasteiger partial charge < -0.3 is 10.6 Å². The van der Waals surface area contributed by atoms with Gasteiger partial charge in [0.2, 0.25) is 0 Å². The van der Waals surface area contributed by atoms with Gasteiger partial charge in [0.25, 0.3) is 0 Å². The molecular weight excluding hydrogens is 252 g/mol. The van der Waals surface area contributed by atoms with Gasteiger partial charge in [0.05, 0.1) is 6.04 Å². The Labute approximate surface area is 122 Å². The Kier molecular flexibility index (Phi) is 4.81. The highest BCUT2D eigenvalue weighted by molar-refractivity contribution is 7.80. The maximum Gasteiger partial charge on any atom is 0.166 e. The van der Waals surface area contributed by atoms with Crippen LogP contribution >= 0.6 is 12.2 Å². The molecule has 0 saturated heterocycles. The zero-order chi connectivity index (χ0) is 13.8. The van der Waals surface area contributed by atoms with Crippen LogP contribution in [-0.2, 0) is 6.42 Å². The molecule has 19 heavy (non-hydrogen) atoms. The van der Waals surface area contributed by atoms with E-state index in [0.717, 1.165) is 11.5 Å². The minimum absolute atomic E-state index is 0.256. The third-order valence-electron chi connectivity index (χ3n) is 3.38. The molecule has 1 aliphatic rings. The van der Waals surface area contributed by atoms with Gasteiger partial charge in [-0.05, 0) is 55.4 Å². The number of rotatable bonds is 5. The fourth-order valence-electron chi connectivity index (χ4n) is 2.15. The third kappa shape index (κ3) is 4.83. The summed E-state index contributed by atoms with van der Waals surface area (Å²) >= 11 is 5.31. The van der Waals surface area contributed by atoms with Gasteiger partial charge in [-0.1, -0.05) is 38.1 Å². The van der Waals surface area contributed by atoms with Crippen molar-refractivity contribution in [2.45, 2.75) is 52.1 Å². The van der Waals surface area contributed by atoms with Crippen LogP contribution in [0, 0.1) is 5.92 Å². The molecule has 0 radical (unpaired) electrons. The van der Waals surface area contributed by atoms with Gasteiger partial charge in [-0.2, -0.15) is 0 Å². The van der Waals surface area contributed by atoms with Crippen molar-refractivity contribution in [3.05, 3.63) is 35.4 Å². The molecule has 2 nitrogen and oxygen atoms in total. The number of nitrogens with one attached hydrogen (secondary N) is 2. The molecule has 1 atom stereocenters. The molecule has 3 heteroatoms. The van der Waals surface area contributed by atoms with Crippen LogP contribution in [0.15, 0.2) is 24.3 Å². The van der Waals surface area contributed by atoms with Crippen LogP contribution < -0.4 is 10.6 Å². The first-order valence-corrected chi connectivity index (χ1v) is 7.61. The highest BCUT2D eigenvalue weighted by Gasteiger charge is 2.22. The van der Waals surface area contributed by atoms with E-state index in [2.05, 4.69) is 55.7 Å². The normalized spacial score (nSPS) is 16.2. The largest absolute Gasteiger partial charge is 0.360 e. The first-order valence-electron chi connectivity index (χ1n) is 7.20. The van der Waals surface area contributed by atoms with E-state index < -0.39 is 0 Å². The summed E-state index contributed by atoms with van der Waals surface area (Å²) in [5.74, 6) is 0.705. The van der Waals surface area contributed by atoms with E-state index in [0.29, 0.717) is 12.0 Å². The van der Waals surface area contributed by atoms with Gasteiger partial charge in [-0.3, -0.25) is 0 Å². The molecule has 0 amide bonds. The van der Waals surface area contributed by atoms with E-state index in [1.165, 1.54) is 24.0 Å². The minimum atomic E-state index is 0.256. The SMILES string of the molecule is CC(C)Cc1ccc([C@H](C)NC(=S)NC2CC2)cc1. The van der Waals surface area contributed by atoms with Crippen molar-refractivity contribution in [3.8, 4) is 0 Å². The number of hydrogen-bond acceptors (Lipinski definition) is 1. The Bertz CT molecular complexity index is 421. The second kappa shape index (κ2) is 6.38. The summed E-state index contributed by atoms with van der Waals surface area (Å²) in [5.41, 5.74) is 2.69. The molecule has 0 aromatic heterocycles. The van der Waals surface area contributed by atoms with Crippen molar-refractivity contribution in [3.63, 3.8) is 0 Å². The predicted molar refractivity (Wildman–Crippen MR) is 85.3 cm³/mol. The van der Waals surface area contributed by atoms with E-state index >= 15 is 0 Å². The van der Waals surface area contributed by atoms with Crippen molar-refractivity contribution >= 4 is 17.3 Å². The van der Waals surface area contributed by atoms with Crippen molar-refractivity contribution in [1.29, 1.82) is 0 Å². The van der Waals surface area contributed by atoms with Gasteiger partial charge >= 0.3 is 0 Å². The molecule has 1 saturated carbocycles. The molecule has 1 aromatic rings. The molecular formula is C16H24N2S. The average molecular weight is 276 g/mol. The Morgan fingerprint density at radius 1 is 1.21 bits per heavy atom. The first kappa shape index (κ1) is 14.3. The van der Waals surface area contributed by atoms with Gasteiger partial charge in [0.1, 0.15) is 0 Å². The van der Waals surface area contributed by atoms with Gasteiger partial charge in [-0.15, -0.1) is 0 Å². The van der Waals surface area contributed by atoms with Gasteiger partial charge in [0.15, 0.2) is 5.11 Å². The van der Waals surface area contributed by atoms with Crippen LogP contribution in [0.5, 0.6) is 0 Å². The van der Waals surface area contributed by atoms with E-state index in [-0.39, 0.29) is 6.04 Å². The monoisotopic (exact) mass is 276 g/mol. The Balaban J connectivity index is 1.87. The number of thiocarbonyl (C=S) groups is 1. The van der Waals surface area contributed by atoms with Crippen molar-refractivity contribution in [2.24, 2.45) is 5.92 Å². The summed E-state index contributed by atoms with van der Waals surface area (Å²) in [6, 6.07) is 9.73. The van der Waals surface area contributed by atoms with Crippen LogP contribution in [0.25, 0.3) is 0 Å². The third-order valence-corrected chi connectivity index (χ3v) is 3.62. The first-order chi connectivity index (χ1) is 9.04. The summed E-state index contributed by atoms with van der Waals surface area (Å²) in [6.45, 7) is 6.65. The van der Waals surface area contributed by atoms with Crippen molar-refractivity contribution in [2.75, 3.05) is 0 Å². The van der Waals surface area contributed by atoms with Crippen LogP contribution in [0.4, 0.5) is 0 Å². The Morgan fingerprint density at radius 2 is 1.84 bits per heavy atom.